The molecule has 7 nitrogen and oxygen atoms in total. The van der Waals surface area contributed by atoms with Gasteiger partial charge in [0.2, 0.25) is 11.9 Å². The monoisotopic (exact) mass is 394 g/mol. The van der Waals surface area contributed by atoms with Gasteiger partial charge in [-0.05, 0) is 38.8 Å². The van der Waals surface area contributed by atoms with E-state index in [1.807, 2.05) is 13.8 Å². The number of hydrogen-bond acceptors (Lipinski definition) is 7. The summed E-state index contributed by atoms with van der Waals surface area (Å²) >= 11 is 0. The van der Waals surface area contributed by atoms with Crippen molar-refractivity contribution >= 4 is 11.9 Å². The highest BCUT2D eigenvalue weighted by Crippen LogP contribution is 2.32. The van der Waals surface area contributed by atoms with E-state index >= 15 is 0 Å². The second-order valence-corrected chi connectivity index (χ2v) is 6.57. The number of aromatic nitrogens is 4. The molecule has 1 fully saturated rings. The molecule has 2 aromatic rings. The molecule has 0 amide bonds. The first-order valence-electron chi connectivity index (χ1n) is 8.78. The molecule has 1 aliphatic rings. The highest BCUT2D eigenvalue weighted by Gasteiger charge is 2.32. The van der Waals surface area contributed by atoms with Gasteiger partial charge < -0.3 is 15.4 Å². The molecule has 2 heterocycles. The van der Waals surface area contributed by atoms with Crippen LogP contribution in [-0.4, -0.2) is 39.7 Å². The van der Waals surface area contributed by atoms with Crippen LogP contribution in [-0.2, 0) is 10.9 Å². The predicted molar refractivity (Wildman–Crippen MR) is 98.6 cm³/mol. The van der Waals surface area contributed by atoms with E-state index in [0.29, 0.717) is 6.61 Å². The average Bonchev–Trinajstić information content (AvgIpc) is 3.46. The summed E-state index contributed by atoms with van der Waals surface area (Å²) in [5.74, 6) is 0.516. The summed E-state index contributed by atoms with van der Waals surface area (Å²) in [7, 11) is 1.57. The summed E-state index contributed by atoms with van der Waals surface area (Å²) in [5, 5.41) is 6.16. The molecule has 150 valence electrons. The van der Waals surface area contributed by atoms with Gasteiger partial charge in [-0.25, -0.2) is 4.98 Å². The Hall–Kier alpha value is -2.75. The topological polar surface area (TPSA) is 84.9 Å². The minimum absolute atomic E-state index is 0.0134. The smallest absolute Gasteiger partial charge is 0.383 e. The number of hydrogen-bond donors (Lipinski definition) is 2. The molecule has 1 unspecified atom stereocenters. The molecule has 0 aliphatic heterocycles. The first-order chi connectivity index (χ1) is 13.3. The molecule has 10 heteroatoms. The third-order valence-electron chi connectivity index (χ3n) is 4.03. The minimum atomic E-state index is -4.55. The highest BCUT2D eigenvalue weighted by molar-refractivity contribution is 5.55. The Morgan fingerprint density at radius 1 is 1.14 bits per heavy atom. The van der Waals surface area contributed by atoms with Crippen LogP contribution in [0.5, 0.6) is 0 Å². The van der Waals surface area contributed by atoms with Crippen molar-refractivity contribution < 1.29 is 17.9 Å². The van der Waals surface area contributed by atoms with Gasteiger partial charge in [0.1, 0.15) is 11.4 Å². The van der Waals surface area contributed by atoms with E-state index in [0.717, 1.165) is 24.6 Å². The van der Waals surface area contributed by atoms with Crippen LogP contribution in [0.1, 0.15) is 32.4 Å². The van der Waals surface area contributed by atoms with Gasteiger partial charge in [-0.2, -0.15) is 28.1 Å². The van der Waals surface area contributed by atoms with Crippen molar-refractivity contribution in [3.05, 3.63) is 35.2 Å². The van der Waals surface area contributed by atoms with Gasteiger partial charge in [0.15, 0.2) is 5.82 Å². The van der Waals surface area contributed by atoms with Gasteiger partial charge in [0.25, 0.3) is 0 Å². The lowest BCUT2D eigenvalue weighted by Gasteiger charge is -2.15. The van der Waals surface area contributed by atoms with Crippen molar-refractivity contribution in [1.29, 1.82) is 0 Å². The zero-order valence-corrected chi connectivity index (χ0v) is 15.8. The van der Waals surface area contributed by atoms with E-state index in [-0.39, 0.29) is 29.5 Å². The quantitative estimate of drug-likeness (QED) is 0.737. The third kappa shape index (κ3) is 5.16. The van der Waals surface area contributed by atoms with Crippen LogP contribution in [0.15, 0.2) is 29.5 Å². The molecular weight excluding hydrogens is 373 g/mol. The van der Waals surface area contributed by atoms with E-state index in [2.05, 4.69) is 30.6 Å². The predicted octanol–water partition coefficient (Wildman–Crippen LogP) is 3.88. The van der Waals surface area contributed by atoms with E-state index in [1.165, 1.54) is 17.7 Å². The molecule has 2 aromatic heterocycles. The minimum Gasteiger partial charge on any atom is -0.383 e. The molecule has 0 aromatic carbocycles. The van der Waals surface area contributed by atoms with E-state index in [9.17, 15) is 13.2 Å². The molecule has 0 bridgehead atoms. The Labute approximate surface area is 160 Å². The van der Waals surface area contributed by atoms with E-state index in [1.54, 1.807) is 7.11 Å². The molecule has 28 heavy (non-hydrogen) atoms. The van der Waals surface area contributed by atoms with Crippen molar-refractivity contribution in [1.82, 2.24) is 19.9 Å². The fourth-order valence-corrected chi connectivity index (χ4v) is 2.53. The SMILES string of the molecule is COCC(C)Nc1nc(NC(C)=C2CC2)nc(-c2cccc(C(F)(F)F)n2)n1. The number of anilines is 2. The second kappa shape index (κ2) is 8.09. The van der Waals surface area contributed by atoms with Gasteiger partial charge in [-0.1, -0.05) is 11.6 Å². The molecule has 1 atom stereocenters. The lowest BCUT2D eigenvalue weighted by Crippen LogP contribution is -2.23. The van der Waals surface area contributed by atoms with Gasteiger partial charge >= 0.3 is 6.18 Å². The Bertz CT molecular complexity index is 878. The number of rotatable bonds is 7. The summed E-state index contributed by atoms with van der Waals surface area (Å²) in [4.78, 5) is 16.5. The number of ether oxygens (including phenoxy) is 1. The van der Waals surface area contributed by atoms with Crippen LogP contribution < -0.4 is 10.6 Å². The van der Waals surface area contributed by atoms with Crippen molar-refractivity contribution in [2.45, 2.75) is 38.9 Å². The first kappa shape index (κ1) is 20.0. The fraction of sp³-hybridized carbons (Fsp3) is 0.444. The number of allylic oxidation sites excluding steroid dienone is 2. The Balaban J connectivity index is 1.98. The summed E-state index contributed by atoms with van der Waals surface area (Å²) < 4.78 is 44.1. The van der Waals surface area contributed by atoms with Crippen molar-refractivity contribution in [2.75, 3.05) is 24.4 Å². The van der Waals surface area contributed by atoms with Gasteiger partial charge in [0.05, 0.1) is 6.61 Å². The van der Waals surface area contributed by atoms with Crippen LogP contribution in [0.25, 0.3) is 11.5 Å². The lowest BCUT2D eigenvalue weighted by molar-refractivity contribution is -0.141. The van der Waals surface area contributed by atoms with Gasteiger partial charge in [-0.15, -0.1) is 0 Å². The van der Waals surface area contributed by atoms with E-state index in [4.69, 9.17) is 4.74 Å². The molecule has 3 rings (SSSR count). The normalized spacial score (nSPS) is 14.6. The Morgan fingerprint density at radius 3 is 2.50 bits per heavy atom. The van der Waals surface area contributed by atoms with Crippen LogP contribution in [0.4, 0.5) is 25.1 Å². The van der Waals surface area contributed by atoms with E-state index < -0.39 is 11.9 Å². The van der Waals surface area contributed by atoms with Crippen molar-refractivity contribution in [2.24, 2.45) is 0 Å². The molecule has 0 radical (unpaired) electrons. The van der Waals surface area contributed by atoms with Crippen LogP contribution in [0, 0.1) is 0 Å². The van der Waals surface area contributed by atoms with Gasteiger partial charge in [-0.3, -0.25) is 0 Å². The largest absolute Gasteiger partial charge is 0.433 e. The summed E-state index contributed by atoms with van der Waals surface area (Å²) in [6, 6.07) is 3.51. The molecule has 0 spiro atoms. The number of nitrogens with zero attached hydrogens (tertiary/aromatic N) is 4. The number of nitrogens with one attached hydrogen (secondary N) is 2. The van der Waals surface area contributed by atoms with Crippen LogP contribution in [0.3, 0.4) is 0 Å². The highest BCUT2D eigenvalue weighted by atomic mass is 19.4. The summed E-state index contributed by atoms with van der Waals surface area (Å²) in [6.45, 7) is 4.20. The summed E-state index contributed by atoms with van der Waals surface area (Å²) in [6.07, 6.45) is -2.52. The average molecular weight is 394 g/mol. The maximum atomic E-state index is 13.0. The van der Waals surface area contributed by atoms with Crippen LogP contribution in [0.2, 0.25) is 0 Å². The number of pyridine rings is 1. The number of alkyl halides is 3. The fourth-order valence-electron chi connectivity index (χ4n) is 2.53. The maximum absolute atomic E-state index is 13.0. The summed E-state index contributed by atoms with van der Waals surface area (Å²) in [5.41, 5.74) is 1.21. The number of methoxy groups -OCH3 is 1. The molecular formula is C18H21F3N6O. The maximum Gasteiger partial charge on any atom is 0.433 e. The molecule has 1 aliphatic carbocycles. The second-order valence-electron chi connectivity index (χ2n) is 6.57. The number of halogens is 3. The standard InChI is InChI=1S/C18H21F3N6O/c1-10(9-28-3)22-16-25-15(13-5-4-6-14(24-13)18(19,20)21)26-17(27-16)23-11(2)12-7-8-12/h4-6,10H,7-9H2,1-3H3,(H2,22,23,25,26,27). The van der Waals surface area contributed by atoms with Crippen molar-refractivity contribution in [3.8, 4) is 11.5 Å². The Morgan fingerprint density at radius 2 is 1.86 bits per heavy atom. The molecule has 2 N–H and O–H groups in total. The lowest BCUT2D eigenvalue weighted by atomic mass is 10.3. The molecule has 0 saturated heterocycles. The Kier molecular flexibility index (Phi) is 5.78. The van der Waals surface area contributed by atoms with Crippen LogP contribution >= 0.6 is 0 Å². The van der Waals surface area contributed by atoms with Gasteiger partial charge in [0, 0.05) is 18.8 Å². The third-order valence-corrected chi connectivity index (χ3v) is 4.03. The zero-order valence-electron chi connectivity index (χ0n) is 15.8. The first-order valence-corrected chi connectivity index (χ1v) is 8.78. The zero-order chi connectivity index (χ0) is 20.3. The van der Waals surface area contributed by atoms with Crippen molar-refractivity contribution in [3.63, 3.8) is 0 Å². The molecule has 1 saturated carbocycles.